The van der Waals surface area contributed by atoms with Crippen molar-refractivity contribution < 1.29 is 0 Å². The third-order valence-corrected chi connectivity index (χ3v) is 5.98. The number of pyridine rings is 1. The lowest BCUT2D eigenvalue weighted by atomic mass is 10.1. The van der Waals surface area contributed by atoms with Crippen LogP contribution >= 0.6 is 11.6 Å². The summed E-state index contributed by atoms with van der Waals surface area (Å²) in [5.74, 6) is 0.539. The van der Waals surface area contributed by atoms with Crippen molar-refractivity contribution in [3.05, 3.63) is 57.0 Å². The van der Waals surface area contributed by atoms with Crippen molar-refractivity contribution in [3.8, 4) is 0 Å². The number of hydrogen-bond donors (Lipinski definition) is 2. The van der Waals surface area contributed by atoms with Crippen LogP contribution < -0.4 is 16.6 Å². The third-order valence-electron chi connectivity index (χ3n) is 5.70. The van der Waals surface area contributed by atoms with Gasteiger partial charge in [0.15, 0.2) is 0 Å². The molecule has 3 heterocycles. The van der Waals surface area contributed by atoms with Gasteiger partial charge in [0.2, 0.25) is 5.95 Å². The molecule has 4 rings (SSSR count). The highest BCUT2D eigenvalue weighted by molar-refractivity contribution is 6.35. The van der Waals surface area contributed by atoms with Gasteiger partial charge in [-0.3, -0.25) is 9.69 Å². The van der Waals surface area contributed by atoms with E-state index < -0.39 is 0 Å². The van der Waals surface area contributed by atoms with Gasteiger partial charge in [-0.05, 0) is 43.5 Å². The number of nitrogen functional groups attached to an aromatic ring is 1. The Morgan fingerprint density at radius 1 is 1.10 bits per heavy atom. The number of benzene rings is 1. The molecule has 0 unspecified atom stereocenters. The highest BCUT2D eigenvalue weighted by Crippen LogP contribution is 2.25. The maximum atomic E-state index is 13.3. The Labute approximate surface area is 187 Å². The quantitative estimate of drug-likeness (QED) is 0.516. The lowest BCUT2D eigenvalue weighted by Crippen LogP contribution is -2.23. The predicted molar refractivity (Wildman–Crippen MR) is 127 cm³/mol. The first kappa shape index (κ1) is 21.6. The predicted octanol–water partition coefficient (Wildman–Crippen LogP) is 3.88. The second-order valence-electron chi connectivity index (χ2n) is 8.14. The Bertz CT molecular complexity index is 1110. The Morgan fingerprint density at radius 3 is 2.45 bits per heavy atom. The summed E-state index contributed by atoms with van der Waals surface area (Å²) in [4.78, 5) is 24.2. The second kappa shape index (κ2) is 9.66. The molecular formula is C23H29ClN6O. The van der Waals surface area contributed by atoms with Crippen molar-refractivity contribution in [1.29, 1.82) is 0 Å². The first-order valence-corrected chi connectivity index (χ1v) is 11.3. The molecule has 2 aromatic heterocycles. The van der Waals surface area contributed by atoms with Gasteiger partial charge < -0.3 is 15.6 Å². The van der Waals surface area contributed by atoms with Crippen LogP contribution in [-0.2, 0) is 13.1 Å². The van der Waals surface area contributed by atoms with Gasteiger partial charge in [0.25, 0.3) is 5.56 Å². The van der Waals surface area contributed by atoms with E-state index in [1.54, 1.807) is 10.8 Å². The van der Waals surface area contributed by atoms with Crippen LogP contribution in [0.25, 0.3) is 10.9 Å². The molecule has 1 fully saturated rings. The number of rotatable bonds is 8. The molecule has 31 heavy (non-hydrogen) atoms. The van der Waals surface area contributed by atoms with Crippen molar-refractivity contribution >= 4 is 34.3 Å². The molecular weight excluding hydrogens is 412 g/mol. The van der Waals surface area contributed by atoms with Crippen molar-refractivity contribution in [3.63, 3.8) is 0 Å². The van der Waals surface area contributed by atoms with E-state index in [2.05, 4.69) is 51.4 Å². The summed E-state index contributed by atoms with van der Waals surface area (Å²) in [6.45, 7) is 6.56. The van der Waals surface area contributed by atoms with E-state index in [9.17, 15) is 4.79 Å². The van der Waals surface area contributed by atoms with E-state index in [1.807, 2.05) is 0 Å². The number of nitrogens with one attached hydrogen (secondary N) is 1. The third kappa shape index (κ3) is 4.99. The fourth-order valence-corrected chi connectivity index (χ4v) is 4.28. The van der Waals surface area contributed by atoms with Crippen LogP contribution in [0.2, 0.25) is 5.02 Å². The second-order valence-corrected chi connectivity index (χ2v) is 8.55. The standard InChI is InChI=1S/C23H29ClN6O/c1-2-3-10-26-21-19-20(27-23(25)28-21)18(24)15-30(22(19)31)14-17-8-6-16(7-9-17)13-29-11-4-5-12-29/h6-9,15H,2-5,10-14H2,1H3,(H3,25,26,27,28). The number of unbranched alkanes of at least 4 members (excludes halogenated alkanes) is 1. The number of hydrogen-bond acceptors (Lipinski definition) is 6. The van der Waals surface area contributed by atoms with Crippen LogP contribution in [-0.4, -0.2) is 39.1 Å². The van der Waals surface area contributed by atoms with E-state index in [4.69, 9.17) is 17.3 Å². The Morgan fingerprint density at radius 2 is 1.77 bits per heavy atom. The minimum atomic E-state index is -0.181. The zero-order valence-electron chi connectivity index (χ0n) is 17.9. The number of halogens is 1. The first-order valence-electron chi connectivity index (χ1n) is 11.0. The molecule has 1 aliphatic heterocycles. The number of nitrogens with zero attached hydrogens (tertiary/aromatic N) is 4. The minimum Gasteiger partial charge on any atom is -0.369 e. The summed E-state index contributed by atoms with van der Waals surface area (Å²) in [5, 5.41) is 3.98. The lowest BCUT2D eigenvalue weighted by molar-refractivity contribution is 0.331. The summed E-state index contributed by atoms with van der Waals surface area (Å²) in [5.41, 5.74) is 8.39. The van der Waals surface area contributed by atoms with Crippen molar-refractivity contribution in [1.82, 2.24) is 19.4 Å². The van der Waals surface area contributed by atoms with Gasteiger partial charge in [0.05, 0.1) is 11.6 Å². The zero-order chi connectivity index (χ0) is 21.8. The van der Waals surface area contributed by atoms with Gasteiger partial charge in [-0.1, -0.05) is 49.2 Å². The van der Waals surface area contributed by atoms with Crippen molar-refractivity contribution in [2.75, 3.05) is 30.7 Å². The van der Waals surface area contributed by atoms with E-state index in [0.29, 0.717) is 34.8 Å². The molecule has 1 aliphatic rings. The number of fused-ring (bicyclic) bond motifs is 1. The SMILES string of the molecule is CCCCNc1nc(N)nc2c(Cl)cn(Cc3ccc(CN4CCCC4)cc3)c(=O)c12. The fraction of sp³-hybridized carbons (Fsp3) is 0.435. The van der Waals surface area contributed by atoms with Crippen molar-refractivity contribution in [2.45, 2.75) is 45.7 Å². The van der Waals surface area contributed by atoms with Gasteiger partial charge >= 0.3 is 0 Å². The van der Waals surface area contributed by atoms with E-state index in [0.717, 1.165) is 24.9 Å². The molecule has 7 nitrogen and oxygen atoms in total. The smallest absolute Gasteiger partial charge is 0.264 e. The number of nitrogens with two attached hydrogens (primary N) is 1. The molecule has 0 atom stereocenters. The highest BCUT2D eigenvalue weighted by atomic mass is 35.5. The van der Waals surface area contributed by atoms with E-state index in [-0.39, 0.29) is 11.5 Å². The van der Waals surface area contributed by atoms with Crippen LogP contribution in [0.15, 0.2) is 35.3 Å². The number of likely N-dealkylation sites (tertiary alicyclic amines) is 1. The summed E-state index contributed by atoms with van der Waals surface area (Å²) in [7, 11) is 0. The van der Waals surface area contributed by atoms with Gasteiger partial charge in [-0.15, -0.1) is 0 Å². The van der Waals surface area contributed by atoms with Gasteiger partial charge in [0, 0.05) is 19.3 Å². The fourth-order valence-electron chi connectivity index (χ4n) is 4.03. The van der Waals surface area contributed by atoms with Gasteiger partial charge in [0.1, 0.15) is 16.7 Å². The summed E-state index contributed by atoms with van der Waals surface area (Å²) in [6, 6.07) is 8.44. The number of anilines is 2. The average Bonchev–Trinajstić information content (AvgIpc) is 3.26. The largest absolute Gasteiger partial charge is 0.369 e. The molecule has 164 valence electrons. The average molecular weight is 441 g/mol. The molecule has 3 N–H and O–H groups in total. The van der Waals surface area contributed by atoms with Crippen molar-refractivity contribution in [2.24, 2.45) is 0 Å². The monoisotopic (exact) mass is 440 g/mol. The number of aromatic nitrogens is 3. The highest BCUT2D eigenvalue weighted by Gasteiger charge is 2.16. The molecule has 0 radical (unpaired) electrons. The Hall–Kier alpha value is -2.64. The Kier molecular flexibility index (Phi) is 6.73. The topological polar surface area (TPSA) is 89.1 Å². The van der Waals surface area contributed by atoms with Crippen LogP contribution in [0.4, 0.5) is 11.8 Å². The summed E-state index contributed by atoms with van der Waals surface area (Å²) in [6.07, 6.45) is 6.20. The minimum absolute atomic E-state index is 0.0964. The Balaban J connectivity index is 1.61. The van der Waals surface area contributed by atoms with Crippen LogP contribution in [0.3, 0.4) is 0 Å². The summed E-state index contributed by atoms with van der Waals surface area (Å²) >= 11 is 6.49. The van der Waals surface area contributed by atoms with Crippen LogP contribution in [0.5, 0.6) is 0 Å². The van der Waals surface area contributed by atoms with E-state index in [1.165, 1.54) is 31.5 Å². The van der Waals surface area contributed by atoms with E-state index >= 15 is 0 Å². The maximum Gasteiger partial charge on any atom is 0.264 e. The molecule has 3 aromatic rings. The molecule has 8 heteroatoms. The van der Waals surface area contributed by atoms with Crippen LogP contribution in [0.1, 0.15) is 43.7 Å². The van der Waals surface area contributed by atoms with Gasteiger partial charge in [-0.2, -0.15) is 4.98 Å². The zero-order valence-corrected chi connectivity index (χ0v) is 18.7. The lowest BCUT2D eigenvalue weighted by Gasteiger charge is -2.15. The first-order chi connectivity index (χ1) is 15.0. The molecule has 1 aromatic carbocycles. The molecule has 0 aliphatic carbocycles. The summed E-state index contributed by atoms with van der Waals surface area (Å²) < 4.78 is 1.62. The molecule has 0 amide bonds. The van der Waals surface area contributed by atoms with Crippen LogP contribution in [0, 0.1) is 0 Å². The molecule has 1 saturated heterocycles. The van der Waals surface area contributed by atoms with Gasteiger partial charge in [-0.25, -0.2) is 4.98 Å². The molecule has 0 spiro atoms. The maximum absolute atomic E-state index is 13.3. The molecule has 0 saturated carbocycles. The normalized spacial score (nSPS) is 14.4. The molecule has 0 bridgehead atoms.